The average molecular weight is 837 g/mol. The van der Waals surface area contributed by atoms with Crippen molar-refractivity contribution >= 4 is 86.7 Å². The first kappa shape index (κ1) is 36.7. The third-order valence-electron chi connectivity index (χ3n) is 14.1. The summed E-state index contributed by atoms with van der Waals surface area (Å²) in [6, 6.07) is 89.5. The summed E-state index contributed by atoms with van der Waals surface area (Å²) in [5, 5.41) is 15.1. The van der Waals surface area contributed by atoms with Gasteiger partial charge in [-0.15, -0.1) is 0 Å². The minimum absolute atomic E-state index is 1.13. The maximum Gasteiger partial charge on any atom is 0.0553 e. The number of hydrogen-bond donors (Lipinski definition) is 0. The molecule has 0 bridgehead atoms. The van der Waals surface area contributed by atoms with E-state index in [0.717, 1.165) is 11.4 Å². The molecule has 306 valence electrons. The summed E-state index contributed by atoms with van der Waals surface area (Å²) in [5.41, 5.74) is 14.5. The van der Waals surface area contributed by atoms with Crippen molar-refractivity contribution in [3.8, 4) is 44.8 Å². The van der Waals surface area contributed by atoms with Gasteiger partial charge in [0.2, 0.25) is 0 Å². The van der Waals surface area contributed by atoms with Gasteiger partial charge in [0, 0.05) is 32.9 Å². The molecular formula is C64H40N2. The zero-order chi connectivity index (χ0) is 43.3. The molecule has 0 radical (unpaired) electrons. The number of para-hydroxylation sites is 2. The molecule has 14 rings (SSSR count). The van der Waals surface area contributed by atoms with Gasteiger partial charge in [-0.3, -0.25) is 0 Å². The zero-order valence-electron chi connectivity index (χ0n) is 36.0. The Kier molecular flexibility index (Phi) is 8.02. The molecular weight excluding hydrogens is 797 g/mol. The van der Waals surface area contributed by atoms with Crippen molar-refractivity contribution in [1.82, 2.24) is 9.13 Å². The quantitative estimate of drug-likeness (QED) is 0.153. The lowest BCUT2D eigenvalue weighted by atomic mass is 9.86. The van der Waals surface area contributed by atoms with Crippen molar-refractivity contribution in [2.24, 2.45) is 0 Å². The highest BCUT2D eigenvalue weighted by Gasteiger charge is 2.22. The molecule has 0 unspecified atom stereocenters. The molecule has 0 spiro atoms. The van der Waals surface area contributed by atoms with Crippen LogP contribution in [0.1, 0.15) is 0 Å². The Morgan fingerprint density at radius 2 is 0.682 bits per heavy atom. The SMILES string of the molecule is c1ccc(-c2c3ccccc3c(-c3ccc(-n4c5ccc6ccccc6c5c5c6ccccc6c(-c6ccc7c(c6)c6ccccc6n7-c6ccccc6)cc54)cc3)c3ccccc23)cc1. The molecule has 0 N–H and O–H groups in total. The molecule has 0 amide bonds. The molecule has 0 saturated heterocycles. The number of rotatable bonds is 5. The van der Waals surface area contributed by atoms with Crippen LogP contribution in [0, 0.1) is 0 Å². The minimum Gasteiger partial charge on any atom is -0.309 e. The Bertz CT molecular complexity index is 4190. The Morgan fingerprint density at radius 3 is 1.36 bits per heavy atom. The van der Waals surface area contributed by atoms with Crippen LogP contribution in [0.5, 0.6) is 0 Å². The third-order valence-corrected chi connectivity index (χ3v) is 14.1. The predicted molar refractivity (Wildman–Crippen MR) is 281 cm³/mol. The summed E-state index contributed by atoms with van der Waals surface area (Å²) in [5.74, 6) is 0. The predicted octanol–water partition coefficient (Wildman–Crippen LogP) is 17.5. The summed E-state index contributed by atoms with van der Waals surface area (Å²) < 4.78 is 4.90. The van der Waals surface area contributed by atoms with Crippen LogP contribution < -0.4 is 0 Å². The average Bonchev–Trinajstić information content (AvgIpc) is 3.91. The number of benzene rings is 12. The second-order valence-electron chi connectivity index (χ2n) is 17.6. The van der Waals surface area contributed by atoms with Gasteiger partial charge in [-0.2, -0.15) is 0 Å². The largest absolute Gasteiger partial charge is 0.309 e. The molecule has 0 aliphatic rings. The van der Waals surface area contributed by atoms with E-state index < -0.39 is 0 Å². The van der Waals surface area contributed by atoms with Gasteiger partial charge >= 0.3 is 0 Å². The Hall–Kier alpha value is -8.72. The van der Waals surface area contributed by atoms with Crippen LogP contribution in [0.2, 0.25) is 0 Å². The Balaban J connectivity index is 1.02. The van der Waals surface area contributed by atoms with Crippen LogP contribution in [0.15, 0.2) is 243 Å². The first-order valence-corrected chi connectivity index (χ1v) is 22.8. The van der Waals surface area contributed by atoms with Crippen LogP contribution in [0.3, 0.4) is 0 Å². The lowest BCUT2D eigenvalue weighted by Crippen LogP contribution is -1.95. The van der Waals surface area contributed by atoms with Crippen LogP contribution >= 0.6 is 0 Å². The number of nitrogens with zero attached hydrogens (tertiary/aromatic N) is 2. The highest BCUT2D eigenvalue weighted by atomic mass is 15.0. The molecule has 0 aliphatic heterocycles. The van der Waals surface area contributed by atoms with Gasteiger partial charge in [-0.1, -0.05) is 188 Å². The molecule has 0 saturated carbocycles. The zero-order valence-corrected chi connectivity index (χ0v) is 36.0. The molecule has 14 aromatic rings. The van der Waals surface area contributed by atoms with Crippen molar-refractivity contribution < 1.29 is 0 Å². The standard InChI is InChI=1S/C64H40N2/c1-3-18-42(19-4-1)61-51-26-11-13-28-53(51)62(54-29-14-12-27-52(54)61)43-31-35-46(36-32-43)66-59-38-33-41-17-7-8-22-47(41)63(59)64-50-25-10-9-23-48(50)55(40-60(64)66)44-34-37-58-56(39-44)49-24-15-16-30-57(49)65(58)45-20-5-2-6-21-45/h1-40H. The van der Waals surface area contributed by atoms with Gasteiger partial charge in [0.05, 0.1) is 22.1 Å². The third kappa shape index (κ3) is 5.36. The Morgan fingerprint density at radius 1 is 0.227 bits per heavy atom. The molecule has 2 heterocycles. The summed E-state index contributed by atoms with van der Waals surface area (Å²) >= 11 is 0. The lowest BCUT2D eigenvalue weighted by Gasteiger charge is -2.18. The van der Waals surface area contributed by atoms with Crippen LogP contribution in [0.25, 0.3) is 131 Å². The molecule has 0 aliphatic carbocycles. The lowest BCUT2D eigenvalue weighted by molar-refractivity contribution is 1.18. The first-order valence-electron chi connectivity index (χ1n) is 22.8. The van der Waals surface area contributed by atoms with E-state index in [1.807, 2.05) is 0 Å². The molecule has 2 aromatic heterocycles. The molecule has 12 aromatic carbocycles. The van der Waals surface area contributed by atoms with Crippen molar-refractivity contribution in [2.45, 2.75) is 0 Å². The normalized spacial score (nSPS) is 11.9. The maximum absolute atomic E-state index is 2.51. The topological polar surface area (TPSA) is 9.86 Å². The van der Waals surface area contributed by atoms with Crippen molar-refractivity contribution in [3.05, 3.63) is 243 Å². The molecule has 2 nitrogen and oxygen atoms in total. The van der Waals surface area contributed by atoms with Crippen LogP contribution in [0.4, 0.5) is 0 Å². The van der Waals surface area contributed by atoms with Crippen LogP contribution in [-0.4, -0.2) is 9.13 Å². The monoisotopic (exact) mass is 836 g/mol. The smallest absolute Gasteiger partial charge is 0.0553 e. The first-order chi connectivity index (χ1) is 32.8. The van der Waals surface area contributed by atoms with E-state index in [0.29, 0.717) is 0 Å². The van der Waals surface area contributed by atoms with Crippen LogP contribution in [-0.2, 0) is 0 Å². The van der Waals surface area contributed by atoms with Gasteiger partial charge in [-0.25, -0.2) is 0 Å². The van der Waals surface area contributed by atoms with Gasteiger partial charge < -0.3 is 9.13 Å². The summed E-state index contributed by atoms with van der Waals surface area (Å²) in [4.78, 5) is 0. The highest BCUT2D eigenvalue weighted by Crippen LogP contribution is 2.47. The maximum atomic E-state index is 2.51. The highest BCUT2D eigenvalue weighted by molar-refractivity contribution is 6.30. The second kappa shape index (κ2) is 14.4. The van der Waals surface area contributed by atoms with E-state index in [9.17, 15) is 0 Å². The van der Waals surface area contributed by atoms with Crippen molar-refractivity contribution in [3.63, 3.8) is 0 Å². The van der Waals surface area contributed by atoms with Crippen molar-refractivity contribution in [1.29, 1.82) is 0 Å². The van der Waals surface area contributed by atoms with E-state index in [4.69, 9.17) is 0 Å². The van der Waals surface area contributed by atoms with Gasteiger partial charge in [0.15, 0.2) is 0 Å². The summed E-state index contributed by atoms with van der Waals surface area (Å²) in [6.45, 7) is 0. The van der Waals surface area contributed by atoms with E-state index in [-0.39, 0.29) is 0 Å². The van der Waals surface area contributed by atoms with Gasteiger partial charge in [0.25, 0.3) is 0 Å². The second-order valence-corrected chi connectivity index (χ2v) is 17.6. The van der Waals surface area contributed by atoms with E-state index >= 15 is 0 Å². The fourth-order valence-electron chi connectivity index (χ4n) is 11.3. The fourth-order valence-corrected chi connectivity index (χ4v) is 11.3. The van der Waals surface area contributed by atoms with E-state index in [1.165, 1.54) is 120 Å². The van der Waals surface area contributed by atoms with E-state index in [2.05, 4.69) is 252 Å². The summed E-state index contributed by atoms with van der Waals surface area (Å²) in [6.07, 6.45) is 0. The number of fused-ring (bicyclic) bond motifs is 12. The van der Waals surface area contributed by atoms with Crippen molar-refractivity contribution in [2.75, 3.05) is 0 Å². The fraction of sp³-hybridized carbons (Fsp3) is 0. The molecule has 0 atom stereocenters. The Labute approximate surface area is 381 Å². The minimum atomic E-state index is 1.13. The molecule has 66 heavy (non-hydrogen) atoms. The molecule has 0 fully saturated rings. The molecule has 2 heteroatoms. The number of aromatic nitrogens is 2. The van der Waals surface area contributed by atoms with Gasteiger partial charge in [-0.05, 0) is 131 Å². The number of hydrogen-bond acceptors (Lipinski definition) is 0. The summed E-state index contributed by atoms with van der Waals surface area (Å²) in [7, 11) is 0. The van der Waals surface area contributed by atoms with Gasteiger partial charge in [0.1, 0.15) is 0 Å². The van der Waals surface area contributed by atoms with E-state index in [1.54, 1.807) is 0 Å².